The summed E-state index contributed by atoms with van der Waals surface area (Å²) in [6, 6.07) is 0. The molecule has 0 saturated heterocycles. The molecule has 0 N–H and O–H groups in total. The second-order valence-electron chi connectivity index (χ2n) is 1.14. The van der Waals surface area contributed by atoms with Crippen molar-refractivity contribution in [2.75, 3.05) is 0 Å². The van der Waals surface area contributed by atoms with Crippen LogP contribution in [0.1, 0.15) is 0 Å². The second kappa shape index (κ2) is 2.55. The van der Waals surface area contributed by atoms with Crippen LogP contribution in [0.25, 0.3) is 0 Å². The quantitative estimate of drug-likeness (QED) is 0.468. The van der Waals surface area contributed by atoms with E-state index in [9.17, 15) is 13.2 Å². The Labute approximate surface area is 45.3 Å². The fraction of sp³-hybridized carbons (Fsp3) is 0.200. The molecule has 46 valence electrons. The van der Waals surface area contributed by atoms with E-state index in [1.807, 2.05) is 0 Å². The van der Waals surface area contributed by atoms with Crippen molar-refractivity contribution in [3.63, 3.8) is 0 Å². The van der Waals surface area contributed by atoms with Crippen LogP contribution in [-0.2, 0) is 0 Å². The van der Waals surface area contributed by atoms with Crippen LogP contribution < -0.4 is 0 Å². The molecule has 0 amide bonds. The van der Waals surface area contributed by atoms with Gasteiger partial charge in [-0.25, -0.2) is 0 Å². The van der Waals surface area contributed by atoms with Crippen molar-refractivity contribution in [1.29, 1.82) is 0 Å². The van der Waals surface area contributed by atoms with Crippen LogP contribution in [0.5, 0.6) is 0 Å². The van der Waals surface area contributed by atoms with E-state index in [-0.39, 0.29) is 6.08 Å². The molecular formula is C5H5F3. The average molecular weight is 122 g/mol. The number of alkyl halides is 3. The molecule has 0 atom stereocenters. The zero-order valence-electron chi connectivity index (χ0n) is 4.07. The van der Waals surface area contributed by atoms with Crippen molar-refractivity contribution in [2.45, 2.75) is 6.18 Å². The minimum absolute atomic E-state index is 0.125. The number of hydrogen-bond acceptors (Lipinski definition) is 0. The maximum Gasteiger partial charge on any atom is 0.409 e. The standard InChI is InChI=1S/C5H5F3/c1-2-3-4-5(6,7)8/h2-4H,1H2. The van der Waals surface area contributed by atoms with Crippen LogP contribution in [0.2, 0.25) is 0 Å². The molecule has 0 heterocycles. The molecule has 0 aromatic carbocycles. The largest absolute Gasteiger partial charge is 0.409 e. The lowest BCUT2D eigenvalue weighted by atomic mass is 10.5. The van der Waals surface area contributed by atoms with Crippen molar-refractivity contribution < 1.29 is 13.2 Å². The van der Waals surface area contributed by atoms with Crippen molar-refractivity contribution in [3.05, 3.63) is 24.8 Å². The molecule has 0 radical (unpaired) electrons. The SMILES string of the molecule is C=CC=CC(F)(F)F. The Morgan fingerprint density at radius 3 is 1.88 bits per heavy atom. The molecule has 0 spiro atoms. The highest BCUT2D eigenvalue weighted by Gasteiger charge is 2.20. The zero-order valence-corrected chi connectivity index (χ0v) is 4.07. The van der Waals surface area contributed by atoms with E-state index in [2.05, 4.69) is 6.58 Å². The molecule has 0 bridgehead atoms. The van der Waals surface area contributed by atoms with Crippen LogP contribution in [0, 0.1) is 0 Å². The van der Waals surface area contributed by atoms with E-state index in [0.29, 0.717) is 0 Å². The van der Waals surface area contributed by atoms with Crippen LogP contribution in [0.15, 0.2) is 24.8 Å². The molecule has 0 nitrogen and oxygen atoms in total. The molecule has 0 unspecified atom stereocenters. The molecule has 0 aliphatic heterocycles. The number of halogens is 3. The first-order chi connectivity index (χ1) is 3.56. The Morgan fingerprint density at radius 2 is 1.75 bits per heavy atom. The molecule has 3 heteroatoms. The normalized spacial score (nSPS) is 12.4. The molecular weight excluding hydrogens is 117 g/mol. The molecule has 0 saturated carbocycles. The van der Waals surface area contributed by atoms with Gasteiger partial charge < -0.3 is 0 Å². The van der Waals surface area contributed by atoms with E-state index >= 15 is 0 Å². The van der Waals surface area contributed by atoms with Gasteiger partial charge in [-0.2, -0.15) is 13.2 Å². The van der Waals surface area contributed by atoms with Crippen molar-refractivity contribution in [2.24, 2.45) is 0 Å². The van der Waals surface area contributed by atoms with Crippen LogP contribution in [0.3, 0.4) is 0 Å². The summed E-state index contributed by atoms with van der Waals surface area (Å²) >= 11 is 0. The van der Waals surface area contributed by atoms with Crippen molar-refractivity contribution in [1.82, 2.24) is 0 Å². The van der Waals surface area contributed by atoms with Crippen LogP contribution in [0.4, 0.5) is 13.2 Å². The third kappa shape index (κ3) is 5.27. The Hall–Kier alpha value is -0.730. The van der Waals surface area contributed by atoms with Gasteiger partial charge in [-0.3, -0.25) is 0 Å². The van der Waals surface area contributed by atoms with E-state index in [1.165, 1.54) is 0 Å². The van der Waals surface area contributed by atoms with Crippen LogP contribution >= 0.6 is 0 Å². The fourth-order valence-corrected chi connectivity index (χ4v) is 0.177. The van der Waals surface area contributed by atoms with E-state index < -0.39 is 6.18 Å². The Balaban J connectivity index is 3.69. The van der Waals surface area contributed by atoms with E-state index in [1.54, 1.807) is 0 Å². The minimum Gasteiger partial charge on any atom is -0.167 e. The summed E-state index contributed by atoms with van der Waals surface area (Å²) in [7, 11) is 0. The summed E-state index contributed by atoms with van der Waals surface area (Å²) in [6.45, 7) is 3.08. The molecule has 0 aromatic rings. The highest BCUT2D eigenvalue weighted by atomic mass is 19.4. The summed E-state index contributed by atoms with van der Waals surface area (Å²) in [5.41, 5.74) is 0. The predicted molar refractivity (Wildman–Crippen MR) is 25.4 cm³/mol. The van der Waals surface area contributed by atoms with Gasteiger partial charge in [0.1, 0.15) is 0 Å². The number of allylic oxidation sites excluding steroid dienone is 3. The molecule has 0 aliphatic carbocycles. The third-order valence-electron chi connectivity index (χ3n) is 0.421. The van der Waals surface area contributed by atoms with E-state index in [0.717, 1.165) is 12.2 Å². The van der Waals surface area contributed by atoms with Gasteiger partial charge in [-0.05, 0) is 0 Å². The van der Waals surface area contributed by atoms with Gasteiger partial charge >= 0.3 is 6.18 Å². The molecule has 0 rings (SSSR count). The maximum atomic E-state index is 11.1. The minimum atomic E-state index is -4.20. The molecule has 0 fully saturated rings. The van der Waals surface area contributed by atoms with Crippen molar-refractivity contribution in [3.8, 4) is 0 Å². The third-order valence-corrected chi connectivity index (χ3v) is 0.421. The zero-order chi connectivity index (χ0) is 6.62. The van der Waals surface area contributed by atoms with Gasteiger partial charge in [0.25, 0.3) is 0 Å². The Morgan fingerprint density at radius 1 is 1.25 bits per heavy atom. The summed E-state index contributed by atoms with van der Waals surface area (Å²) in [4.78, 5) is 0. The second-order valence-corrected chi connectivity index (χ2v) is 1.14. The fourth-order valence-electron chi connectivity index (χ4n) is 0.177. The van der Waals surface area contributed by atoms with Crippen LogP contribution in [-0.4, -0.2) is 6.18 Å². The maximum absolute atomic E-state index is 11.1. The van der Waals surface area contributed by atoms with Gasteiger partial charge in [0.05, 0.1) is 0 Å². The topological polar surface area (TPSA) is 0 Å². The Bertz CT molecular complexity index is 98.7. The smallest absolute Gasteiger partial charge is 0.167 e. The summed E-state index contributed by atoms with van der Waals surface area (Å²) < 4.78 is 33.3. The summed E-state index contributed by atoms with van der Waals surface area (Å²) in [6.07, 6.45) is -2.15. The van der Waals surface area contributed by atoms with Crippen molar-refractivity contribution >= 4 is 0 Å². The Kier molecular flexibility index (Phi) is 2.31. The molecule has 8 heavy (non-hydrogen) atoms. The van der Waals surface area contributed by atoms with Gasteiger partial charge in [0.2, 0.25) is 0 Å². The average Bonchev–Trinajstić information content (AvgIpc) is 1.59. The lowest BCUT2D eigenvalue weighted by molar-refractivity contribution is -0.0798. The first-order valence-corrected chi connectivity index (χ1v) is 1.93. The van der Waals surface area contributed by atoms with Gasteiger partial charge in [-0.1, -0.05) is 18.7 Å². The summed E-state index contributed by atoms with van der Waals surface area (Å²) in [5.74, 6) is 0. The lowest BCUT2D eigenvalue weighted by Gasteiger charge is -1.93. The van der Waals surface area contributed by atoms with E-state index in [4.69, 9.17) is 0 Å². The molecule has 0 aromatic heterocycles. The monoisotopic (exact) mass is 122 g/mol. The predicted octanol–water partition coefficient (Wildman–Crippen LogP) is 2.29. The highest BCUT2D eigenvalue weighted by molar-refractivity contribution is 5.00. The first-order valence-electron chi connectivity index (χ1n) is 1.93. The number of hydrogen-bond donors (Lipinski definition) is 0. The van der Waals surface area contributed by atoms with Gasteiger partial charge in [-0.15, -0.1) is 0 Å². The molecule has 0 aliphatic rings. The highest BCUT2D eigenvalue weighted by Crippen LogP contribution is 2.15. The lowest BCUT2D eigenvalue weighted by Crippen LogP contribution is -1.99. The first kappa shape index (κ1) is 7.27. The number of rotatable bonds is 1. The van der Waals surface area contributed by atoms with Gasteiger partial charge in [0.15, 0.2) is 0 Å². The van der Waals surface area contributed by atoms with Gasteiger partial charge in [0, 0.05) is 6.08 Å². The summed E-state index contributed by atoms with van der Waals surface area (Å²) in [5, 5.41) is 0.